The Labute approximate surface area is 130 Å². The van der Waals surface area contributed by atoms with E-state index in [9.17, 15) is 9.59 Å². The maximum Gasteiger partial charge on any atom is 0.333 e. The third-order valence-corrected chi connectivity index (χ3v) is 2.86. The molecule has 0 unspecified atom stereocenters. The molecule has 0 radical (unpaired) electrons. The van der Waals surface area contributed by atoms with Gasteiger partial charge in [-0.25, -0.2) is 4.79 Å². The zero-order chi connectivity index (χ0) is 15.4. The van der Waals surface area contributed by atoms with E-state index in [0.29, 0.717) is 18.4 Å². The van der Waals surface area contributed by atoms with Crippen LogP contribution < -0.4 is 0 Å². The first-order valence-corrected chi connectivity index (χ1v) is 7.29. The highest BCUT2D eigenvalue weighted by Gasteiger charge is 2.05. The summed E-state index contributed by atoms with van der Waals surface area (Å²) >= 11 is 9.81. The lowest BCUT2D eigenvalue weighted by atomic mass is 10.1. The number of thiocarbonyl (C=S) groups is 2. The molecule has 0 rings (SSSR count). The van der Waals surface area contributed by atoms with Gasteiger partial charge in [0.15, 0.2) is 0 Å². The number of unbranched alkanes of at least 4 members (excludes halogenated alkanes) is 1. The maximum atomic E-state index is 11.4. The van der Waals surface area contributed by atoms with E-state index in [1.807, 2.05) is 0 Å². The molecule has 0 aliphatic rings. The second-order valence-corrected chi connectivity index (χ2v) is 5.16. The summed E-state index contributed by atoms with van der Waals surface area (Å²) in [7, 11) is 0. The van der Waals surface area contributed by atoms with Crippen molar-refractivity contribution in [1.29, 1.82) is 0 Å². The SMILES string of the molecule is C=C(C)C(=O)OCCOC(=O)CCCCC(=S)CC=S. The number of hydrogen-bond donors (Lipinski definition) is 0. The van der Waals surface area contributed by atoms with Crippen molar-refractivity contribution < 1.29 is 19.1 Å². The van der Waals surface area contributed by atoms with Gasteiger partial charge in [0.1, 0.15) is 13.2 Å². The molecule has 0 bridgehead atoms. The summed E-state index contributed by atoms with van der Waals surface area (Å²) in [6.45, 7) is 5.13. The van der Waals surface area contributed by atoms with Crippen molar-refractivity contribution in [1.82, 2.24) is 0 Å². The zero-order valence-electron chi connectivity index (χ0n) is 11.7. The summed E-state index contributed by atoms with van der Waals surface area (Å²) in [4.78, 5) is 23.3. The average molecular weight is 316 g/mol. The van der Waals surface area contributed by atoms with E-state index in [0.717, 1.165) is 24.1 Å². The second kappa shape index (κ2) is 11.7. The van der Waals surface area contributed by atoms with Crippen LogP contribution in [-0.4, -0.2) is 35.4 Å². The van der Waals surface area contributed by atoms with Gasteiger partial charge in [0.25, 0.3) is 0 Å². The molecular formula is C14H20O4S2. The third-order valence-electron chi connectivity index (χ3n) is 2.33. The molecule has 0 aliphatic carbocycles. The van der Waals surface area contributed by atoms with Gasteiger partial charge >= 0.3 is 11.9 Å². The van der Waals surface area contributed by atoms with Crippen molar-refractivity contribution >= 4 is 46.6 Å². The van der Waals surface area contributed by atoms with Crippen LogP contribution in [0.2, 0.25) is 0 Å². The second-order valence-electron chi connectivity index (χ2n) is 4.25. The Morgan fingerprint density at radius 3 is 2.35 bits per heavy atom. The number of carbonyl (C=O) groups is 2. The van der Waals surface area contributed by atoms with Crippen LogP contribution in [0.5, 0.6) is 0 Å². The summed E-state index contributed by atoms with van der Waals surface area (Å²) in [5, 5.41) is 1.61. The number of esters is 2. The van der Waals surface area contributed by atoms with Crippen LogP contribution in [0.25, 0.3) is 0 Å². The summed E-state index contributed by atoms with van der Waals surface area (Å²) in [6.07, 6.45) is 3.38. The summed E-state index contributed by atoms with van der Waals surface area (Å²) in [5.74, 6) is -0.773. The summed E-state index contributed by atoms with van der Waals surface area (Å²) in [6, 6.07) is 0. The van der Waals surface area contributed by atoms with Gasteiger partial charge in [-0.3, -0.25) is 4.79 Å². The Balaban J connectivity index is 3.50. The van der Waals surface area contributed by atoms with E-state index in [4.69, 9.17) is 33.9 Å². The molecule has 0 saturated heterocycles. The van der Waals surface area contributed by atoms with Gasteiger partial charge in [-0.1, -0.05) is 31.0 Å². The molecule has 0 aliphatic heterocycles. The Kier molecular flexibility index (Phi) is 11.0. The highest BCUT2D eigenvalue weighted by molar-refractivity contribution is 7.81. The Hall–Kier alpha value is -1.14. The molecule has 4 nitrogen and oxygen atoms in total. The quantitative estimate of drug-likeness (QED) is 0.253. The minimum atomic E-state index is -0.479. The number of ether oxygens (including phenoxy) is 2. The van der Waals surface area contributed by atoms with Crippen molar-refractivity contribution in [3.05, 3.63) is 12.2 Å². The largest absolute Gasteiger partial charge is 0.462 e. The highest BCUT2D eigenvalue weighted by Crippen LogP contribution is 2.04. The lowest BCUT2D eigenvalue weighted by Gasteiger charge is -2.06. The molecule has 0 aromatic rings. The van der Waals surface area contributed by atoms with Crippen LogP contribution in [0.1, 0.15) is 39.0 Å². The van der Waals surface area contributed by atoms with E-state index >= 15 is 0 Å². The Morgan fingerprint density at radius 2 is 1.75 bits per heavy atom. The van der Waals surface area contributed by atoms with Gasteiger partial charge in [-0.05, 0) is 36.4 Å². The van der Waals surface area contributed by atoms with Crippen molar-refractivity contribution in [3.8, 4) is 0 Å². The van der Waals surface area contributed by atoms with E-state index in [-0.39, 0.29) is 19.2 Å². The van der Waals surface area contributed by atoms with Gasteiger partial charge in [-0.2, -0.15) is 0 Å². The molecule has 0 N–H and O–H groups in total. The average Bonchev–Trinajstić information content (AvgIpc) is 2.39. The van der Waals surface area contributed by atoms with E-state index < -0.39 is 5.97 Å². The van der Waals surface area contributed by atoms with Crippen LogP contribution in [0.15, 0.2) is 12.2 Å². The zero-order valence-corrected chi connectivity index (χ0v) is 13.3. The fourth-order valence-electron chi connectivity index (χ4n) is 1.27. The van der Waals surface area contributed by atoms with Crippen LogP contribution >= 0.6 is 24.4 Å². The van der Waals surface area contributed by atoms with Gasteiger partial charge < -0.3 is 9.47 Å². The Bertz CT molecular complexity index is 377. The molecule has 0 amide bonds. The van der Waals surface area contributed by atoms with Crippen molar-refractivity contribution in [2.45, 2.75) is 39.0 Å². The molecule has 0 heterocycles. The topological polar surface area (TPSA) is 52.6 Å². The fraction of sp³-hybridized carbons (Fsp3) is 0.571. The van der Waals surface area contributed by atoms with Gasteiger partial charge in [0.05, 0.1) is 0 Å². The lowest BCUT2D eigenvalue weighted by Crippen LogP contribution is -2.14. The molecule has 0 fully saturated rings. The van der Waals surface area contributed by atoms with Gasteiger partial charge in [-0.15, -0.1) is 0 Å². The minimum absolute atomic E-state index is 0.0518. The molecular weight excluding hydrogens is 296 g/mol. The Morgan fingerprint density at radius 1 is 1.15 bits per heavy atom. The first-order valence-electron chi connectivity index (χ1n) is 6.41. The van der Waals surface area contributed by atoms with Gasteiger partial charge in [0, 0.05) is 18.4 Å². The first kappa shape index (κ1) is 18.9. The van der Waals surface area contributed by atoms with Crippen molar-refractivity contribution in [3.63, 3.8) is 0 Å². The number of hydrogen-bond acceptors (Lipinski definition) is 6. The van der Waals surface area contributed by atoms with Gasteiger partial charge in [0.2, 0.25) is 0 Å². The highest BCUT2D eigenvalue weighted by atomic mass is 32.1. The van der Waals surface area contributed by atoms with E-state index in [2.05, 4.69) is 6.58 Å². The summed E-state index contributed by atoms with van der Waals surface area (Å²) in [5.41, 5.74) is 0.323. The van der Waals surface area contributed by atoms with Crippen LogP contribution in [0, 0.1) is 0 Å². The fourth-order valence-corrected chi connectivity index (χ4v) is 1.81. The molecule has 112 valence electrons. The van der Waals surface area contributed by atoms with Crippen LogP contribution in [0.3, 0.4) is 0 Å². The molecule has 6 heteroatoms. The normalized spacial score (nSPS) is 9.65. The molecule has 0 atom stereocenters. The molecule has 0 spiro atoms. The molecule has 0 aromatic heterocycles. The third kappa shape index (κ3) is 10.8. The molecule has 0 saturated carbocycles. The first-order chi connectivity index (χ1) is 9.47. The molecule has 20 heavy (non-hydrogen) atoms. The van der Waals surface area contributed by atoms with E-state index in [1.54, 1.807) is 12.3 Å². The molecule has 0 aromatic carbocycles. The predicted molar refractivity (Wildman–Crippen MR) is 86.1 cm³/mol. The van der Waals surface area contributed by atoms with Crippen molar-refractivity contribution in [2.75, 3.05) is 13.2 Å². The smallest absolute Gasteiger partial charge is 0.333 e. The summed E-state index contributed by atoms with van der Waals surface area (Å²) < 4.78 is 9.72. The number of carbonyl (C=O) groups excluding carboxylic acids is 2. The lowest BCUT2D eigenvalue weighted by molar-refractivity contribution is -0.150. The predicted octanol–water partition coefficient (Wildman–Crippen LogP) is 2.97. The monoisotopic (exact) mass is 316 g/mol. The van der Waals surface area contributed by atoms with Crippen LogP contribution in [-0.2, 0) is 19.1 Å². The maximum absolute atomic E-state index is 11.4. The van der Waals surface area contributed by atoms with Crippen LogP contribution in [0.4, 0.5) is 0 Å². The van der Waals surface area contributed by atoms with Crippen molar-refractivity contribution in [2.24, 2.45) is 0 Å². The van der Waals surface area contributed by atoms with E-state index in [1.165, 1.54) is 0 Å². The minimum Gasteiger partial charge on any atom is -0.462 e. The standard InChI is InChI=1S/C14H20O4S2/c1-11(2)14(16)18-9-8-17-13(15)6-4-3-5-12(20)7-10-19/h10H,1,3-9H2,2H3. The number of rotatable bonds is 11.